The lowest BCUT2D eigenvalue weighted by Crippen LogP contribution is -2.46. The number of nitrogens with zero attached hydrogens (tertiary/aromatic N) is 1. The summed E-state index contributed by atoms with van der Waals surface area (Å²) in [5, 5.41) is 14.1. The van der Waals surface area contributed by atoms with Gasteiger partial charge >= 0.3 is 0 Å². The Kier molecular flexibility index (Phi) is 5.01. The molecule has 3 rings (SSSR count). The lowest BCUT2D eigenvalue weighted by molar-refractivity contribution is -0.123. The number of halogens is 1. The molecule has 1 aromatic carbocycles. The number of aliphatic hydroxyl groups is 1. The van der Waals surface area contributed by atoms with Crippen molar-refractivity contribution in [1.82, 2.24) is 10.2 Å². The van der Waals surface area contributed by atoms with Crippen LogP contribution in [0.15, 0.2) is 24.3 Å². The molecular formula is C17H23ClN2O2. The van der Waals surface area contributed by atoms with E-state index < -0.39 is 6.10 Å². The Bertz CT molecular complexity index is 525. The first-order valence-corrected chi connectivity index (χ1v) is 8.46. The van der Waals surface area contributed by atoms with Crippen molar-refractivity contribution in [2.24, 2.45) is 5.92 Å². The second-order valence-corrected chi connectivity index (χ2v) is 6.80. The molecule has 0 radical (unpaired) electrons. The van der Waals surface area contributed by atoms with Gasteiger partial charge in [0.1, 0.15) is 0 Å². The van der Waals surface area contributed by atoms with E-state index in [0.717, 1.165) is 44.3 Å². The lowest BCUT2D eigenvalue weighted by Gasteiger charge is -2.33. The molecule has 120 valence electrons. The summed E-state index contributed by atoms with van der Waals surface area (Å²) in [6.07, 6.45) is 3.44. The number of carbonyl (C=O) groups is 1. The van der Waals surface area contributed by atoms with E-state index in [9.17, 15) is 9.90 Å². The number of benzene rings is 1. The molecule has 1 amide bonds. The van der Waals surface area contributed by atoms with Crippen molar-refractivity contribution in [3.05, 3.63) is 34.9 Å². The molecule has 2 fully saturated rings. The van der Waals surface area contributed by atoms with Crippen LogP contribution in [0.2, 0.25) is 5.02 Å². The number of aliphatic hydroxyl groups excluding tert-OH is 1. The molecule has 1 aliphatic carbocycles. The zero-order valence-electron chi connectivity index (χ0n) is 12.7. The Balaban J connectivity index is 1.45. The van der Waals surface area contributed by atoms with Gasteiger partial charge in [0.25, 0.3) is 0 Å². The second kappa shape index (κ2) is 6.99. The van der Waals surface area contributed by atoms with Gasteiger partial charge in [-0.25, -0.2) is 0 Å². The number of piperidine rings is 1. The van der Waals surface area contributed by atoms with Gasteiger partial charge < -0.3 is 15.3 Å². The van der Waals surface area contributed by atoms with Crippen LogP contribution in [-0.2, 0) is 4.79 Å². The van der Waals surface area contributed by atoms with Gasteiger partial charge in [-0.2, -0.15) is 0 Å². The van der Waals surface area contributed by atoms with Crippen molar-refractivity contribution in [3.63, 3.8) is 0 Å². The fourth-order valence-corrected chi connectivity index (χ4v) is 3.27. The topological polar surface area (TPSA) is 52.6 Å². The van der Waals surface area contributed by atoms with Crippen molar-refractivity contribution in [1.29, 1.82) is 0 Å². The van der Waals surface area contributed by atoms with Gasteiger partial charge in [0.15, 0.2) is 0 Å². The fourth-order valence-electron chi connectivity index (χ4n) is 3.01. The summed E-state index contributed by atoms with van der Waals surface area (Å²) < 4.78 is 0. The monoisotopic (exact) mass is 322 g/mol. The molecule has 0 unspecified atom stereocenters. The number of hydrogen-bond donors (Lipinski definition) is 2. The Labute approximate surface area is 136 Å². The van der Waals surface area contributed by atoms with E-state index in [0.29, 0.717) is 17.6 Å². The number of likely N-dealkylation sites (tertiary alicyclic amines) is 1. The van der Waals surface area contributed by atoms with Crippen LogP contribution >= 0.6 is 11.6 Å². The highest BCUT2D eigenvalue weighted by Crippen LogP contribution is 2.29. The maximum Gasteiger partial charge on any atom is 0.223 e. The smallest absolute Gasteiger partial charge is 0.223 e. The summed E-state index contributed by atoms with van der Waals surface area (Å²) in [5.41, 5.74) is 0.785. The van der Waals surface area contributed by atoms with E-state index in [1.165, 1.54) is 0 Å². The largest absolute Gasteiger partial charge is 0.387 e. The summed E-state index contributed by atoms with van der Waals surface area (Å²) in [4.78, 5) is 14.0. The summed E-state index contributed by atoms with van der Waals surface area (Å²) in [6.45, 7) is 2.39. The average molecular weight is 323 g/mol. The maximum atomic E-state index is 11.8. The van der Waals surface area contributed by atoms with E-state index in [1.54, 1.807) is 6.07 Å². The minimum Gasteiger partial charge on any atom is -0.387 e. The molecule has 1 saturated carbocycles. The molecule has 5 heteroatoms. The first kappa shape index (κ1) is 15.8. The number of rotatable bonds is 5. The SMILES string of the molecule is O=C(NC1CCN(C[C@@H](O)c2ccccc2Cl)CC1)C1CC1. The van der Waals surface area contributed by atoms with E-state index in [4.69, 9.17) is 11.6 Å². The van der Waals surface area contributed by atoms with Crippen LogP contribution < -0.4 is 5.32 Å². The number of amides is 1. The predicted octanol–water partition coefficient (Wildman–Crippen LogP) is 2.36. The molecule has 22 heavy (non-hydrogen) atoms. The summed E-state index contributed by atoms with van der Waals surface area (Å²) in [5.74, 6) is 0.509. The average Bonchev–Trinajstić information content (AvgIpc) is 3.34. The van der Waals surface area contributed by atoms with Gasteiger partial charge in [-0.15, -0.1) is 0 Å². The third-order valence-electron chi connectivity index (χ3n) is 4.58. The third-order valence-corrected chi connectivity index (χ3v) is 4.92. The molecule has 1 heterocycles. The fraction of sp³-hybridized carbons (Fsp3) is 0.588. The second-order valence-electron chi connectivity index (χ2n) is 6.40. The standard InChI is InChI=1S/C17H23ClN2O2/c18-15-4-2-1-3-14(15)16(21)11-20-9-7-13(8-10-20)19-17(22)12-5-6-12/h1-4,12-13,16,21H,5-11H2,(H,19,22)/t16-/m1/s1. The van der Waals surface area contributed by atoms with Crippen LogP contribution in [0.5, 0.6) is 0 Å². The molecule has 1 aliphatic heterocycles. The number of β-amino-alcohol motifs (C(OH)–C–C–N with tert-alkyl or cyclic N) is 1. The highest BCUT2D eigenvalue weighted by atomic mass is 35.5. The van der Waals surface area contributed by atoms with Gasteiger partial charge in [-0.1, -0.05) is 29.8 Å². The lowest BCUT2D eigenvalue weighted by atomic mass is 10.0. The molecule has 0 spiro atoms. The Morgan fingerprint density at radius 3 is 2.59 bits per heavy atom. The molecule has 1 aromatic rings. The zero-order chi connectivity index (χ0) is 15.5. The molecule has 1 saturated heterocycles. The van der Waals surface area contributed by atoms with Gasteiger partial charge in [-0.05, 0) is 31.7 Å². The van der Waals surface area contributed by atoms with E-state index in [1.807, 2.05) is 18.2 Å². The molecule has 1 atom stereocenters. The van der Waals surface area contributed by atoms with Gasteiger partial charge in [0.2, 0.25) is 5.91 Å². The Morgan fingerprint density at radius 1 is 1.27 bits per heavy atom. The molecule has 0 bridgehead atoms. The van der Waals surface area contributed by atoms with Gasteiger partial charge in [-0.3, -0.25) is 4.79 Å². The first-order valence-electron chi connectivity index (χ1n) is 8.08. The van der Waals surface area contributed by atoms with E-state index >= 15 is 0 Å². The van der Waals surface area contributed by atoms with Crippen molar-refractivity contribution >= 4 is 17.5 Å². The summed E-state index contributed by atoms with van der Waals surface area (Å²) in [7, 11) is 0. The maximum absolute atomic E-state index is 11.8. The predicted molar refractivity (Wildman–Crippen MR) is 86.7 cm³/mol. The molecule has 2 N–H and O–H groups in total. The highest BCUT2D eigenvalue weighted by Gasteiger charge is 2.32. The summed E-state index contributed by atoms with van der Waals surface area (Å²) in [6, 6.07) is 7.73. The quantitative estimate of drug-likeness (QED) is 0.875. The molecular weight excluding hydrogens is 300 g/mol. The minimum atomic E-state index is -0.564. The van der Waals surface area contributed by atoms with Crippen LogP contribution in [0.1, 0.15) is 37.4 Å². The van der Waals surface area contributed by atoms with Crippen LogP contribution in [-0.4, -0.2) is 41.6 Å². The van der Waals surface area contributed by atoms with E-state index in [-0.39, 0.29) is 11.8 Å². The number of hydrogen-bond acceptors (Lipinski definition) is 3. The third kappa shape index (κ3) is 4.00. The van der Waals surface area contributed by atoms with Crippen molar-refractivity contribution < 1.29 is 9.90 Å². The molecule has 0 aromatic heterocycles. The van der Waals surface area contributed by atoms with Crippen LogP contribution in [0, 0.1) is 5.92 Å². The first-order chi connectivity index (χ1) is 10.6. The van der Waals surface area contributed by atoms with Gasteiger partial charge in [0.05, 0.1) is 6.10 Å². The minimum absolute atomic E-state index is 0.231. The van der Waals surface area contributed by atoms with Crippen molar-refractivity contribution in [2.75, 3.05) is 19.6 Å². The van der Waals surface area contributed by atoms with Crippen LogP contribution in [0.25, 0.3) is 0 Å². The normalized spacial score (nSPS) is 21.5. The Morgan fingerprint density at radius 2 is 1.95 bits per heavy atom. The molecule has 2 aliphatic rings. The number of nitrogens with one attached hydrogen (secondary N) is 1. The van der Waals surface area contributed by atoms with Crippen molar-refractivity contribution in [3.8, 4) is 0 Å². The molecule has 4 nitrogen and oxygen atoms in total. The highest BCUT2D eigenvalue weighted by molar-refractivity contribution is 6.31. The number of carbonyl (C=O) groups excluding carboxylic acids is 1. The van der Waals surface area contributed by atoms with Crippen molar-refractivity contribution in [2.45, 2.75) is 37.8 Å². The summed E-state index contributed by atoms with van der Waals surface area (Å²) >= 11 is 6.13. The van der Waals surface area contributed by atoms with Crippen LogP contribution in [0.4, 0.5) is 0 Å². The Hall–Kier alpha value is -1.10. The van der Waals surface area contributed by atoms with E-state index in [2.05, 4.69) is 10.2 Å². The van der Waals surface area contributed by atoms with Gasteiger partial charge in [0, 0.05) is 42.2 Å². The van der Waals surface area contributed by atoms with Crippen LogP contribution in [0.3, 0.4) is 0 Å². The zero-order valence-corrected chi connectivity index (χ0v) is 13.4.